The number of nitrogens with one attached hydrogen (secondary N) is 4. The first-order valence-electron chi connectivity index (χ1n) is 19.6. The van der Waals surface area contributed by atoms with Crippen LogP contribution in [0.2, 0.25) is 0 Å². The molecular weight excluding hydrogens is 671 g/mol. The van der Waals surface area contributed by atoms with Gasteiger partial charge in [0.1, 0.15) is 17.6 Å². The van der Waals surface area contributed by atoms with Crippen molar-refractivity contribution in [3.05, 3.63) is 0 Å². The molecule has 13 heteroatoms. The fraction of sp³-hybridized carbons (Fsp3) is 0.868. The second-order valence-corrected chi connectivity index (χ2v) is 21.2. The van der Waals surface area contributed by atoms with Crippen molar-refractivity contribution >= 4 is 39.4 Å². The number of hydrogen-bond acceptors (Lipinski definition) is 7. The van der Waals surface area contributed by atoms with E-state index in [0.717, 1.165) is 64.2 Å². The van der Waals surface area contributed by atoms with E-state index in [0.29, 0.717) is 32.2 Å². The van der Waals surface area contributed by atoms with Crippen LogP contribution >= 0.6 is 0 Å². The van der Waals surface area contributed by atoms with Crippen LogP contribution in [-0.4, -0.2) is 89.1 Å². The van der Waals surface area contributed by atoms with Gasteiger partial charge in [0, 0.05) is 12.6 Å². The first-order valence-corrected chi connectivity index (χ1v) is 21.3. The molecule has 0 aromatic heterocycles. The summed E-state index contributed by atoms with van der Waals surface area (Å²) in [4.78, 5) is 71.1. The molecule has 6 atom stereocenters. The van der Waals surface area contributed by atoms with Crippen LogP contribution in [0.1, 0.15) is 131 Å². The summed E-state index contributed by atoms with van der Waals surface area (Å²) in [7, 11) is -3.55. The number of urea groups is 1. The number of nitrogens with zero attached hydrogens (tertiary/aromatic N) is 1. The predicted molar refractivity (Wildman–Crippen MR) is 193 cm³/mol. The number of hydrogen-bond donors (Lipinski definition) is 4. The van der Waals surface area contributed by atoms with Gasteiger partial charge in [0.25, 0.3) is 5.91 Å². The number of rotatable bonds is 12. The Hall–Kier alpha value is -2.70. The van der Waals surface area contributed by atoms with E-state index in [1.807, 2.05) is 6.92 Å². The van der Waals surface area contributed by atoms with Gasteiger partial charge in [-0.15, -0.1) is 0 Å². The van der Waals surface area contributed by atoms with Crippen molar-refractivity contribution in [2.24, 2.45) is 29.1 Å². The van der Waals surface area contributed by atoms with Gasteiger partial charge >= 0.3 is 6.03 Å². The molecule has 6 rings (SSSR count). The molecule has 1 heterocycles. The minimum Gasteiger partial charge on any atom is -0.347 e. The molecule has 12 nitrogen and oxygen atoms in total. The minimum absolute atomic E-state index is 0.0151. The molecule has 4 N–H and O–H groups in total. The van der Waals surface area contributed by atoms with Crippen molar-refractivity contribution in [3.8, 4) is 0 Å². The Bertz CT molecular complexity index is 1520. The molecule has 286 valence electrons. The summed E-state index contributed by atoms with van der Waals surface area (Å²) in [5.74, 6) is -2.44. The third-order valence-corrected chi connectivity index (χ3v) is 16.3. The lowest BCUT2D eigenvalue weighted by atomic mass is 9.82. The van der Waals surface area contributed by atoms with Crippen molar-refractivity contribution in [2.75, 3.05) is 12.3 Å². The Labute approximate surface area is 304 Å². The quantitative estimate of drug-likeness (QED) is 0.222. The smallest absolute Gasteiger partial charge is 0.315 e. The van der Waals surface area contributed by atoms with Crippen LogP contribution in [0.5, 0.6) is 0 Å². The molecule has 0 aromatic carbocycles. The lowest BCUT2D eigenvalue weighted by molar-refractivity contribution is -0.145. The normalized spacial score (nSPS) is 31.8. The van der Waals surface area contributed by atoms with Crippen molar-refractivity contribution in [2.45, 2.75) is 165 Å². The second-order valence-electron chi connectivity index (χ2n) is 18.4. The number of piperidine rings is 1. The van der Waals surface area contributed by atoms with E-state index in [-0.39, 0.29) is 46.8 Å². The van der Waals surface area contributed by atoms with Crippen LogP contribution < -0.4 is 21.3 Å². The molecule has 0 radical (unpaired) electrons. The zero-order valence-electron chi connectivity index (χ0n) is 31.6. The molecule has 0 spiro atoms. The van der Waals surface area contributed by atoms with Gasteiger partial charge in [0.15, 0.2) is 9.84 Å². The number of carbonyl (C=O) groups excluding carboxylic acids is 5. The van der Waals surface area contributed by atoms with Gasteiger partial charge in [-0.2, -0.15) is 0 Å². The van der Waals surface area contributed by atoms with E-state index in [9.17, 15) is 32.4 Å². The number of likely N-dealkylation sites (tertiary alicyclic amines) is 1. The summed E-state index contributed by atoms with van der Waals surface area (Å²) in [6.45, 7) is 11.5. The average Bonchev–Trinajstić information content (AvgIpc) is 4.02. The molecule has 1 saturated heterocycles. The Morgan fingerprint density at radius 1 is 0.882 bits per heavy atom. The van der Waals surface area contributed by atoms with Crippen molar-refractivity contribution < 1.29 is 32.4 Å². The largest absolute Gasteiger partial charge is 0.347 e. The Kier molecular flexibility index (Phi) is 10.2. The molecular formula is C38H61N5O7S. The van der Waals surface area contributed by atoms with Gasteiger partial charge < -0.3 is 26.2 Å². The van der Waals surface area contributed by atoms with Gasteiger partial charge in [-0.05, 0) is 94.8 Å². The van der Waals surface area contributed by atoms with Crippen LogP contribution in [0.3, 0.4) is 0 Å². The lowest BCUT2D eigenvalue weighted by Crippen LogP contribution is -2.63. The average molecular weight is 732 g/mol. The van der Waals surface area contributed by atoms with E-state index in [4.69, 9.17) is 0 Å². The minimum atomic E-state index is -3.55. The fourth-order valence-corrected chi connectivity index (χ4v) is 11.2. The summed E-state index contributed by atoms with van der Waals surface area (Å²) in [5.41, 5.74) is -2.37. The first kappa shape index (κ1) is 38.0. The summed E-state index contributed by atoms with van der Waals surface area (Å²) in [6, 6.07) is -2.25. The standard InChI is InChI=1S/C38H61N5O7S/c1-7-24-20-38(24,30(44)32(46)39-25-16-17-25)41-31(45)29-27-26(36(27,5)6)21-43(29)33(47)28(23-14-10-8-11-15-23)40-34(48)42-37(18-12-9-13-19-37)22-51(49,50)35(2,3)4/h23-29H,7-22H2,1-6H3,(H,39,46)(H,41,45)(H2,40,42,48)/t24-,26?,27?,28-,29+,38?/m1/s1. The molecule has 3 unspecified atom stereocenters. The summed E-state index contributed by atoms with van der Waals surface area (Å²) < 4.78 is 25.8. The first-order chi connectivity index (χ1) is 23.9. The topological polar surface area (TPSA) is 171 Å². The van der Waals surface area contributed by atoms with Gasteiger partial charge in [0.2, 0.25) is 17.6 Å². The van der Waals surface area contributed by atoms with Crippen LogP contribution in [0.15, 0.2) is 0 Å². The third-order valence-electron chi connectivity index (χ3n) is 13.5. The zero-order valence-corrected chi connectivity index (χ0v) is 32.4. The molecule has 5 aliphatic carbocycles. The fourth-order valence-electron chi connectivity index (χ4n) is 9.66. The summed E-state index contributed by atoms with van der Waals surface area (Å²) in [5, 5.41) is 11.9. The molecule has 6 fully saturated rings. The third kappa shape index (κ3) is 7.43. The maximum absolute atomic E-state index is 14.8. The summed E-state index contributed by atoms with van der Waals surface area (Å²) in [6.07, 6.45) is 10.8. The second kappa shape index (κ2) is 13.6. The van der Waals surface area contributed by atoms with Gasteiger partial charge in [-0.1, -0.05) is 65.7 Å². The Morgan fingerprint density at radius 2 is 1.51 bits per heavy atom. The lowest BCUT2D eigenvalue weighted by Gasteiger charge is -2.41. The molecule has 0 bridgehead atoms. The van der Waals surface area contributed by atoms with E-state index in [2.05, 4.69) is 35.1 Å². The number of fused-ring (bicyclic) bond motifs is 1. The van der Waals surface area contributed by atoms with E-state index in [1.54, 1.807) is 25.7 Å². The monoisotopic (exact) mass is 731 g/mol. The molecule has 1 aliphatic heterocycles. The van der Waals surface area contributed by atoms with Crippen LogP contribution in [0.25, 0.3) is 0 Å². The van der Waals surface area contributed by atoms with Gasteiger partial charge in [-0.25, -0.2) is 13.2 Å². The maximum atomic E-state index is 14.8. The Morgan fingerprint density at radius 3 is 2.08 bits per heavy atom. The highest BCUT2D eigenvalue weighted by Crippen LogP contribution is 2.65. The van der Waals surface area contributed by atoms with Crippen LogP contribution in [-0.2, 0) is 29.0 Å². The summed E-state index contributed by atoms with van der Waals surface area (Å²) >= 11 is 0. The molecule has 51 heavy (non-hydrogen) atoms. The van der Waals surface area contributed by atoms with Crippen LogP contribution in [0, 0.1) is 29.1 Å². The van der Waals surface area contributed by atoms with Crippen molar-refractivity contribution in [3.63, 3.8) is 0 Å². The SMILES string of the molecule is CC[C@@H]1CC1(NC(=O)[C@@H]1C2C(CN1C(=O)[C@H](NC(=O)NC1(CS(=O)(=O)C(C)(C)C)CCCCC1)C1CCCCC1)C2(C)C)C(=O)C(=O)NC1CC1. The van der Waals surface area contributed by atoms with E-state index < -0.39 is 61.4 Å². The molecule has 0 aromatic rings. The van der Waals surface area contributed by atoms with Gasteiger partial charge in [-0.3, -0.25) is 19.2 Å². The van der Waals surface area contributed by atoms with Gasteiger partial charge in [0.05, 0.1) is 16.0 Å². The van der Waals surface area contributed by atoms with E-state index >= 15 is 0 Å². The molecule has 5 amide bonds. The predicted octanol–water partition coefficient (Wildman–Crippen LogP) is 3.77. The maximum Gasteiger partial charge on any atom is 0.315 e. The number of ketones is 1. The highest BCUT2D eigenvalue weighted by atomic mass is 32.2. The number of sulfone groups is 1. The Balaban J connectivity index is 1.22. The van der Waals surface area contributed by atoms with E-state index in [1.165, 1.54) is 0 Å². The molecule has 6 aliphatic rings. The number of carbonyl (C=O) groups is 5. The molecule has 5 saturated carbocycles. The highest BCUT2D eigenvalue weighted by molar-refractivity contribution is 7.92. The van der Waals surface area contributed by atoms with Crippen LogP contribution in [0.4, 0.5) is 4.79 Å². The number of amides is 5. The number of Topliss-reactive ketones (excluding diaryl/α,β-unsaturated/α-hetero) is 1. The van der Waals surface area contributed by atoms with Crippen molar-refractivity contribution in [1.29, 1.82) is 0 Å². The zero-order chi connectivity index (χ0) is 37.1. The van der Waals surface area contributed by atoms with Crippen molar-refractivity contribution in [1.82, 2.24) is 26.2 Å². The highest BCUT2D eigenvalue weighted by Gasteiger charge is 2.71.